The minimum absolute atomic E-state index is 0.177. The van der Waals surface area contributed by atoms with Gasteiger partial charge < -0.3 is 5.11 Å². The van der Waals surface area contributed by atoms with Gasteiger partial charge in [-0.1, -0.05) is 28.1 Å². The monoisotopic (exact) mass is 283 g/mol. The number of hydrogen-bond acceptors (Lipinski definition) is 3. The van der Waals surface area contributed by atoms with E-state index in [9.17, 15) is 0 Å². The molecule has 78 valence electrons. The average molecular weight is 284 g/mol. The molecule has 0 aliphatic rings. The summed E-state index contributed by atoms with van der Waals surface area (Å²) in [5.41, 5.74) is 0. The number of benzene rings is 1. The highest BCUT2D eigenvalue weighted by Gasteiger charge is 2.04. The van der Waals surface area contributed by atoms with Gasteiger partial charge in [0.25, 0.3) is 0 Å². The molecular formula is C11H10BrNOS. The molecule has 15 heavy (non-hydrogen) atoms. The smallest absolute Gasteiger partial charge is 0.104 e. The fraction of sp³-hybridized carbons (Fsp3) is 0.182. The Labute approximate surface area is 101 Å². The average Bonchev–Trinajstić information content (AvgIpc) is 2.27. The zero-order valence-electron chi connectivity index (χ0n) is 7.98. The predicted molar refractivity (Wildman–Crippen MR) is 67.3 cm³/mol. The van der Waals surface area contributed by atoms with E-state index in [1.54, 1.807) is 18.0 Å². The summed E-state index contributed by atoms with van der Waals surface area (Å²) in [4.78, 5) is 4.32. The van der Waals surface area contributed by atoms with E-state index in [1.165, 1.54) is 0 Å². The standard InChI is InChI=1S/C11H10BrNOS/c12-10-3-1-2-9-8(10)4-5-13-11(9)15-7-6-14/h1-5,14H,6-7H2. The van der Waals surface area contributed by atoms with Crippen LogP contribution >= 0.6 is 27.7 Å². The van der Waals surface area contributed by atoms with E-state index in [-0.39, 0.29) is 6.61 Å². The number of aliphatic hydroxyl groups is 1. The first-order valence-corrected chi connectivity index (χ1v) is 6.37. The summed E-state index contributed by atoms with van der Waals surface area (Å²) in [6, 6.07) is 8.05. The molecule has 0 spiro atoms. The van der Waals surface area contributed by atoms with Gasteiger partial charge in [0.05, 0.1) is 6.61 Å². The van der Waals surface area contributed by atoms with E-state index < -0.39 is 0 Å². The molecule has 1 aromatic carbocycles. The molecule has 1 aromatic heterocycles. The fourth-order valence-electron chi connectivity index (χ4n) is 1.40. The van der Waals surface area contributed by atoms with Crippen molar-refractivity contribution in [2.45, 2.75) is 5.03 Å². The Morgan fingerprint density at radius 3 is 2.93 bits per heavy atom. The molecule has 0 fully saturated rings. The third kappa shape index (κ3) is 2.33. The van der Waals surface area contributed by atoms with Crippen LogP contribution < -0.4 is 0 Å². The first-order valence-electron chi connectivity index (χ1n) is 4.60. The number of thioether (sulfide) groups is 1. The highest BCUT2D eigenvalue weighted by molar-refractivity contribution is 9.10. The Hall–Kier alpha value is -0.580. The fourth-order valence-corrected chi connectivity index (χ4v) is 2.65. The van der Waals surface area contributed by atoms with Crippen LogP contribution in [0.2, 0.25) is 0 Å². The Bertz CT molecular complexity index is 475. The van der Waals surface area contributed by atoms with Crippen molar-refractivity contribution in [2.75, 3.05) is 12.4 Å². The van der Waals surface area contributed by atoms with Gasteiger partial charge in [-0.2, -0.15) is 0 Å². The van der Waals surface area contributed by atoms with Crippen LogP contribution in [0.4, 0.5) is 0 Å². The van der Waals surface area contributed by atoms with Gasteiger partial charge in [0.1, 0.15) is 5.03 Å². The number of pyridine rings is 1. The second-order valence-electron chi connectivity index (χ2n) is 3.02. The maximum absolute atomic E-state index is 8.80. The molecule has 2 rings (SSSR count). The summed E-state index contributed by atoms with van der Waals surface area (Å²) in [7, 11) is 0. The summed E-state index contributed by atoms with van der Waals surface area (Å²) >= 11 is 5.09. The van der Waals surface area contributed by atoms with Crippen molar-refractivity contribution >= 4 is 38.5 Å². The van der Waals surface area contributed by atoms with Gasteiger partial charge in [-0.3, -0.25) is 0 Å². The lowest BCUT2D eigenvalue weighted by Crippen LogP contribution is -1.89. The third-order valence-corrected chi connectivity index (χ3v) is 3.72. The van der Waals surface area contributed by atoms with Crippen molar-refractivity contribution in [1.29, 1.82) is 0 Å². The van der Waals surface area contributed by atoms with Gasteiger partial charge in [0.15, 0.2) is 0 Å². The van der Waals surface area contributed by atoms with Crippen LogP contribution in [-0.4, -0.2) is 22.5 Å². The van der Waals surface area contributed by atoms with E-state index in [4.69, 9.17) is 5.11 Å². The SMILES string of the molecule is OCCSc1nccc2c(Br)cccc12. The normalized spacial score (nSPS) is 10.8. The Morgan fingerprint density at radius 2 is 2.13 bits per heavy atom. The number of aliphatic hydroxyl groups excluding tert-OH is 1. The van der Waals surface area contributed by atoms with E-state index in [0.29, 0.717) is 5.75 Å². The second kappa shape index (κ2) is 4.96. The molecule has 0 saturated carbocycles. The number of nitrogens with zero attached hydrogens (tertiary/aromatic N) is 1. The highest BCUT2D eigenvalue weighted by atomic mass is 79.9. The highest BCUT2D eigenvalue weighted by Crippen LogP contribution is 2.29. The van der Waals surface area contributed by atoms with E-state index in [2.05, 4.69) is 20.9 Å². The molecule has 1 N–H and O–H groups in total. The van der Waals surface area contributed by atoms with Crippen LogP contribution in [-0.2, 0) is 0 Å². The Balaban J connectivity index is 2.51. The summed E-state index contributed by atoms with van der Waals surface area (Å²) in [5.74, 6) is 0.679. The Kier molecular flexibility index (Phi) is 3.61. The lowest BCUT2D eigenvalue weighted by Gasteiger charge is -2.05. The molecule has 0 saturated heterocycles. The van der Waals surface area contributed by atoms with Crippen LogP contribution in [0.1, 0.15) is 0 Å². The lowest BCUT2D eigenvalue weighted by molar-refractivity contribution is 0.322. The lowest BCUT2D eigenvalue weighted by atomic mass is 10.2. The van der Waals surface area contributed by atoms with E-state index >= 15 is 0 Å². The van der Waals surface area contributed by atoms with Crippen molar-refractivity contribution in [3.8, 4) is 0 Å². The molecular weight excluding hydrogens is 274 g/mol. The van der Waals surface area contributed by atoms with E-state index in [0.717, 1.165) is 20.3 Å². The number of aromatic nitrogens is 1. The molecule has 2 nitrogen and oxygen atoms in total. The molecule has 0 radical (unpaired) electrons. The van der Waals surface area contributed by atoms with Crippen molar-refractivity contribution < 1.29 is 5.11 Å². The van der Waals surface area contributed by atoms with Crippen LogP contribution in [0.15, 0.2) is 40.0 Å². The zero-order chi connectivity index (χ0) is 10.7. The second-order valence-corrected chi connectivity index (χ2v) is 4.96. The summed E-state index contributed by atoms with van der Waals surface area (Å²) in [6.07, 6.45) is 1.80. The van der Waals surface area contributed by atoms with Gasteiger partial charge in [-0.25, -0.2) is 4.98 Å². The van der Waals surface area contributed by atoms with Crippen LogP contribution in [0, 0.1) is 0 Å². The maximum atomic E-state index is 8.80. The minimum Gasteiger partial charge on any atom is -0.396 e. The first kappa shape index (κ1) is 10.9. The van der Waals surface area contributed by atoms with Gasteiger partial charge in [0, 0.05) is 27.2 Å². The first-order chi connectivity index (χ1) is 7.33. The molecule has 0 unspecified atom stereocenters. The molecule has 0 atom stereocenters. The number of rotatable bonds is 3. The molecule has 0 aliphatic carbocycles. The molecule has 0 bridgehead atoms. The van der Waals surface area contributed by atoms with Gasteiger partial charge in [0.2, 0.25) is 0 Å². The molecule has 2 aromatic rings. The quantitative estimate of drug-likeness (QED) is 0.879. The van der Waals surface area contributed by atoms with Crippen molar-refractivity contribution in [3.63, 3.8) is 0 Å². The van der Waals surface area contributed by atoms with Gasteiger partial charge >= 0.3 is 0 Å². The summed E-state index contributed by atoms with van der Waals surface area (Å²) in [5, 5.41) is 12.1. The third-order valence-electron chi connectivity index (χ3n) is 2.05. The Morgan fingerprint density at radius 1 is 1.27 bits per heavy atom. The summed E-state index contributed by atoms with van der Waals surface area (Å²) in [6.45, 7) is 0.177. The molecule has 1 heterocycles. The van der Waals surface area contributed by atoms with Crippen LogP contribution in [0.25, 0.3) is 10.8 Å². The predicted octanol–water partition coefficient (Wildman–Crippen LogP) is 3.08. The van der Waals surface area contributed by atoms with Gasteiger partial charge in [-0.15, -0.1) is 11.8 Å². The van der Waals surface area contributed by atoms with Crippen molar-refractivity contribution in [3.05, 3.63) is 34.9 Å². The van der Waals surface area contributed by atoms with Gasteiger partial charge in [-0.05, 0) is 12.1 Å². The van der Waals surface area contributed by atoms with E-state index in [1.807, 2.05) is 24.3 Å². The molecule has 0 amide bonds. The minimum atomic E-state index is 0.177. The number of halogens is 1. The molecule has 0 aliphatic heterocycles. The topological polar surface area (TPSA) is 33.1 Å². The number of fused-ring (bicyclic) bond motifs is 1. The van der Waals surface area contributed by atoms with Crippen LogP contribution in [0.3, 0.4) is 0 Å². The van der Waals surface area contributed by atoms with Crippen molar-refractivity contribution in [1.82, 2.24) is 4.98 Å². The largest absolute Gasteiger partial charge is 0.396 e. The van der Waals surface area contributed by atoms with Crippen LogP contribution in [0.5, 0.6) is 0 Å². The van der Waals surface area contributed by atoms with Crippen molar-refractivity contribution in [2.24, 2.45) is 0 Å². The summed E-state index contributed by atoms with van der Waals surface area (Å²) < 4.78 is 1.08. The molecule has 4 heteroatoms. The maximum Gasteiger partial charge on any atom is 0.104 e. The zero-order valence-corrected chi connectivity index (χ0v) is 10.4. The number of hydrogen-bond donors (Lipinski definition) is 1.